The highest BCUT2D eigenvalue weighted by Crippen LogP contribution is 2.08. The van der Waals surface area contributed by atoms with Gasteiger partial charge in [0.1, 0.15) is 6.33 Å². The number of nitrogens with zero attached hydrogens (tertiary/aromatic N) is 3. The van der Waals surface area contributed by atoms with Gasteiger partial charge in [0.2, 0.25) is 0 Å². The van der Waals surface area contributed by atoms with Crippen LogP contribution in [0.2, 0.25) is 0 Å². The number of amides is 1. The van der Waals surface area contributed by atoms with Crippen molar-refractivity contribution in [3.8, 4) is 0 Å². The quantitative estimate of drug-likeness (QED) is 0.658. The first kappa shape index (κ1) is 11.0. The molecule has 1 aromatic rings. The Labute approximate surface area is 93.9 Å². The maximum absolute atomic E-state index is 12.1. The van der Waals surface area contributed by atoms with Gasteiger partial charge in [0, 0.05) is 38.6 Å². The lowest BCUT2D eigenvalue weighted by atomic mass is 10.1. The van der Waals surface area contributed by atoms with Crippen molar-refractivity contribution >= 4 is 5.91 Å². The van der Waals surface area contributed by atoms with Crippen LogP contribution in [0.3, 0.4) is 0 Å². The number of nitrogens with one attached hydrogen (secondary N) is 1. The number of nitrogens with two attached hydrogens (primary N) is 1. The third kappa shape index (κ3) is 2.17. The second-order valence-electron chi connectivity index (χ2n) is 3.72. The molecule has 0 aromatic carbocycles. The first-order chi connectivity index (χ1) is 7.83. The number of rotatable bonds is 2. The fourth-order valence-electron chi connectivity index (χ4n) is 1.81. The van der Waals surface area contributed by atoms with Crippen molar-refractivity contribution in [3.63, 3.8) is 0 Å². The summed E-state index contributed by atoms with van der Waals surface area (Å²) in [6, 6.07) is 0.0569. The third-order valence-corrected chi connectivity index (χ3v) is 2.69. The zero-order valence-corrected chi connectivity index (χ0v) is 8.97. The average molecular weight is 221 g/mol. The second kappa shape index (κ2) is 5.00. The Kier molecular flexibility index (Phi) is 3.43. The lowest BCUT2D eigenvalue weighted by Gasteiger charge is -2.35. The summed E-state index contributed by atoms with van der Waals surface area (Å²) in [5.74, 6) is -0.0439. The molecular weight excluding hydrogens is 206 g/mol. The second-order valence-corrected chi connectivity index (χ2v) is 3.72. The highest BCUT2D eigenvalue weighted by Gasteiger charge is 2.26. The summed E-state index contributed by atoms with van der Waals surface area (Å²) in [7, 11) is 0. The van der Waals surface area contributed by atoms with Crippen molar-refractivity contribution in [1.82, 2.24) is 20.2 Å². The van der Waals surface area contributed by atoms with Crippen LogP contribution in [0.4, 0.5) is 0 Å². The van der Waals surface area contributed by atoms with Crippen LogP contribution >= 0.6 is 0 Å². The van der Waals surface area contributed by atoms with Crippen LogP contribution in [0.15, 0.2) is 18.7 Å². The largest absolute Gasteiger partial charge is 0.332 e. The Morgan fingerprint density at radius 2 is 2.31 bits per heavy atom. The van der Waals surface area contributed by atoms with Crippen LogP contribution in [0.25, 0.3) is 0 Å². The van der Waals surface area contributed by atoms with Crippen molar-refractivity contribution in [2.75, 3.05) is 26.2 Å². The molecular formula is C10H15N5O. The van der Waals surface area contributed by atoms with E-state index in [1.165, 1.54) is 18.7 Å². The average Bonchev–Trinajstić information content (AvgIpc) is 2.39. The number of carbonyl (C=O) groups is 1. The predicted octanol–water partition coefficient (Wildman–Crippen LogP) is -1.15. The van der Waals surface area contributed by atoms with Gasteiger partial charge in [0.05, 0.1) is 11.6 Å². The molecule has 1 saturated heterocycles. The summed E-state index contributed by atoms with van der Waals surface area (Å²) in [6.45, 7) is 2.69. The molecule has 1 fully saturated rings. The molecule has 0 radical (unpaired) electrons. The van der Waals surface area contributed by atoms with E-state index in [1.807, 2.05) is 0 Å². The standard InChI is InChI=1S/C10H15N5O/c11-3-9-6-12-1-2-15(9)10(16)8-4-13-7-14-5-8/h4-5,7,9,12H,1-3,6,11H2. The van der Waals surface area contributed by atoms with Crippen LogP contribution in [-0.2, 0) is 0 Å². The molecule has 16 heavy (non-hydrogen) atoms. The monoisotopic (exact) mass is 221 g/mol. The van der Waals surface area contributed by atoms with Crippen molar-refractivity contribution < 1.29 is 4.79 Å². The van der Waals surface area contributed by atoms with Gasteiger partial charge in [-0.1, -0.05) is 0 Å². The maximum Gasteiger partial charge on any atom is 0.257 e. The molecule has 1 atom stereocenters. The molecule has 6 heteroatoms. The summed E-state index contributed by atoms with van der Waals surface area (Å²) in [5.41, 5.74) is 6.16. The van der Waals surface area contributed by atoms with Gasteiger partial charge in [-0.05, 0) is 0 Å². The van der Waals surface area contributed by atoms with E-state index in [0.29, 0.717) is 18.7 Å². The van der Waals surface area contributed by atoms with Crippen LogP contribution < -0.4 is 11.1 Å². The lowest BCUT2D eigenvalue weighted by Crippen LogP contribution is -2.56. The molecule has 0 saturated carbocycles. The van der Waals surface area contributed by atoms with Crippen molar-refractivity contribution in [3.05, 3.63) is 24.3 Å². The van der Waals surface area contributed by atoms with Gasteiger partial charge >= 0.3 is 0 Å². The summed E-state index contributed by atoms with van der Waals surface area (Å²) < 4.78 is 0. The third-order valence-electron chi connectivity index (χ3n) is 2.69. The van der Waals surface area contributed by atoms with Gasteiger partial charge in [-0.15, -0.1) is 0 Å². The summed E-state index contributed by atoms with van der Waals surface area (Å²) in [4.78, 5) is 21.6. The van der Waals surface area contributed by atoms with Gasteiger partial charge < -0.3 is 16.0 Å². The Hall–Kier alpha value is -1.53. The van der Waals surface area contributed by atoms with Crippen LogP contribution in [-0.4, -0.2) is 53.0 Å². The van der Waals surface area contributed by atoms with E-state index in [1.54, 1.807) is 4.90 Å². The van der Waals surface area contributed by atoms with E-state index >= 15 is 0 Å². The van der Waals surface area contributed by atoms with Gasteiger partial charge in [0.25, 0.3) is 5.91 Å². The molecule has 0 aliphatic carbocycles. The highest BCUT2D eigenvalue weighted by molar-refractivity contribution is 5.93. The Balaban J connectivity index is 2.14. The van der Waals surface area contributed by atoms with Gasteiger partial charge in [0.15, 0.2) is 0 Å². The molecule has 1 aliphatic rings. The zero-order chi connectivity index (χ0) is 11.4. The normalized spacial score (nSPS) is 20.8. The molecule has 0 bridgehead atoms. The number of hydrogen-bond acceptors (Lipinski definition) is 5. The number of carbonyl (C=O) groups excluding carboxylic acids is 1. The molecule has 2 heterocycles. The maximum atomic E-state index is 12.1. The van der Waals surface area contributed by atoms with Gasteiger partial charge in [-0.25, -0.2) is 9.97 Å². The first-order valence-corrected chi connectivity index (χ1v) is 5.29. The summed E-state index contributed by atoms with van der Waals surface area (Å²) >= 11 is 0. The van der Waals surface area contributed by atoms with E-state index in [2.05, 4.69) is 15.3 Å². The predicted molar refractivity (Wildman–Crippen MR) is 58.8 cm³/mol. The molecule has 6 nitrogen and oxygen atoms in total. The van der Waals surface area contributed by atoms with E-state index in [0.717, 1.165) is 13.1 Å². The minimum atomic E-state index is -0.0439. The van der Waals surface area contributed by atoms with Crippen molar-refractivity contribution in [1.29, 1.82) is 0 Å². The Morgan fingerprint density at radius 3 is 3.00 bits per heavy atom. The first-order valence-electron chi connectivity index (χ1n) is 5.29. The summed E-state index contributed by atoms with van der Waals surface area (Å²) in [5, 5.41) is 3.22. The van der Waals surface area contributed by atoms with E-state index < -0.39 is 0 Å². The number of piperazine rings is 1. The molecule has 1 aliphatic heterocycles. The van der Waals surface area contributed by atoms with Crippen molar-refractivity contribution in [2.24, 2.45) is 5.73 Å². The number of aromatic nitrogens is 2. The molecule has 1 unspecified atom stereocenters. The lowest BCUT2D eigenvalue weighted by molar-refractivity contribution is 0.0644. The van der Waals surface area contributed by atoms with Crippen LogP contribution in [0.1, 0.15) is 10.4 Å². The fourth-order valence-corrected chi connectivity index (χ4v) is 1.81. The summed E-state index contributed by atoms with van der Waals surface area (Å²) in [6.07, 6.45) is 4.48. The Morgan fingerprint density at radius 1 is 1.56 bits per heavy atom. The number of hydrogen-bond donors (Lipinski definition) is 2. The molecule has 86 valence electrons. The van der Waals surface area contributed by atoms with Gasteiger partial charge in [-0.3, -0.25) is 4.79 Å². The van der Waals surface area contributed by atoms with E-state index in [4.69, 9.17) is 5.73 Å². The molecule has 2 rings (SSSR count). The fraction of sp³-hybridized carbons (Fsp3) is 0.500. The smallest absolute Gasteiger partial charge is 0.257 e. The van der Waals surface area contributed by atoms with Crippen LogP contribution in [0.5, 0.6) is 0 Å². The molecule has 0 spiro atoms. The Bertz CT molecular complexity index is 355. The zero-order valence-electron chi connectivity index (χ0n) is 8.97. The van der Waals surface area contributed by atoms with E-state index in [9.17, 15) is 4.79 Å². The minimum Gasteiger partial charge on any atom is -0.332 e. The molecule has 1 amide bonds. The van der Waals surface area contributed by atoms with Crippen molar-refractivity contribution in [2.45, 2.75) is 6.04 Å². The van der Waals surface area contributed by atoms with Gasteiger partial charge in [-0.2, -0.15) is 0 Å². The topological polar surface area (TPSA) is 84.1 Å². The van der Waals surface area contributed by atoms with E-state index in [-0.39, 0.29) is 11.9 Å². The minimum absolute atomic E-state index is 0.0439. The highest BCUT2D eigenvalue weighted by atomic mass is 16.2. The molecule has 1 aromatic heterocycles. The SMILES string of the molecule is NCC1CNCCN1C(=O)c1cncnc1. The van der Waals surface area contributed by atoms with Crippen LogP contribution in [0, 0.1) is 0 Å². The molecule has 3 N–H and O–H groups in total.